The topological polar surface area (TPSA) is 21.3 Å². The molecule has 0 fully saturated rings. The van der Waals surface area contributed by atoms with Crippen molar-refractivity contribution in [3.63, 3.8) is 0 Å². The smallest absolute Gasteiger partial charge is 0.0803 e. The number of nitrogens with one attached hydrogen (secondary N) is 1. The second kappa shape index (κ2) is 6.17. The molecule has 0 amide bonds. The van der Waals surface area contributed by atoms with Crippen molar-refractivity contribution in [2.45, 2.75) is 45.3 Å². The van der Waals surface area contributed by atoms with Crippen molar-refractivity contribution in [2.24, 2.45) is 0 Å². The lowest BCUT2D eigenvalue weighted by molar-refractivity contribution is -0.0276. The van der Waals surface area contributed by atoms with Crippen LogP contribution in [-0.2, 0) is 4.74 Å². The second-order valence-electron chi connectivity index (χ2n) is 3.50. The van der Waals surface area contributed by atoms with Crippen LogP contribution in [0.4, 0.5) is 0 Å². The largest absolute Gasteiger partial charge is 0.377 e. The van der Waals surface area contributed by atoms with E-state index in [0.29, 0.717) is 6.04 Å². The first-order chi connectivity index (χ1) is 6.14. The summed E-state index contributed by atoms with van der Waals surface area (Å²) < 4.78 is 5.54. The van der Waals surface area contributed by atoms with Crippen LogP contribution in [0.3, 0.4) is 0 Å². The highest BCUT2D eigenvalue weighted by atomic mass is 16.5. The molecule has 2 heteroatoms. The highest BCUT2D eigenvalue weighted by Gasteiger charge is 2.30. The van der Waals surface area contributed by atoms with Crippen LogP contribution in [0.1, 0.15) is 33.6 Å². The van der Waals surface area contributed by atoms with Gasteiger partial charge in [0, 0.05) is 13.2 Å². The number of hydrogen-bond acceptors (Lipinski definition) is 2. The van der Waals surface area contributed by atoms with Crippen LogP contribution in [0.15, 0.2) is 12.7 Å². The first-order valence-corrected chi connectivity index (χ1v) is 5.04. The molecular formula is C11H23NO. The van der Waals surface area contributed by atoms with E-state index in [1.807, 2.05) is 6.08 Å². The van der Waals surface area contributed by atoms with Crippen LogP contribution in [0.5, 0.6) is 0 Å². The van der Waals surface area contributed by atoms with E-state index in [2.05, 4.69) is 32.7 Å². The van der Waals surface area contributed by atoms with Gasteiger partial charge in [0.05, 0.1) is 5.60 Å². The molecule has 0 saturated heterocycles. The molecule has 0 rings (SSSR count). The van der Waals surface area contributed by atoms with E-state index in [0.717, 1.165) is 19.4 Å². The van der Waals surface area contributed by atoms with Gasteiger partial charge < -0.3 is 10.1 Å². The van der Waals surface area contributed by atoms with Crippen molar-refractivity contribution in [1.29, 1.82) is 0 Å². The van der Waals surface area contributed by atoms with Crippen molar-refractivity contribution >= 4 is 0 Å². The molecule has 0 spiro atoms. The second-order valence-corrected chi connectivity index (χ2v) is 3.50. The molecule has 0 aromatic rings. The summed E-state index contributed by atoms with van der Waals surface area (Å²) >= 11 is 0. The minimum Gasteiger partial charge on any atom is -0.377 e. The summed E-state index contributed by atoms with van der Waals surface area (Å²) in [5.74, 6) is 0. The zero-order valence-corrected chi connectivity index (χ0v) is 9.39. The number of methoxy groups -OCH3 is 1. The zero-order chi connectivity index (χ0) is 10.3. The number of likely N-dealkylation sites (N-methyl/N-ethyl adjacent to an activating group) is 1. The Kier molecular flexibility index (Phi) is 6.00. The van der Waals surface area contributed by atoms with Gasteiger partial charge >= 0.3 is 0 Å². The Morgan fingerprint density at radius 2 is 2.15 bits per heavy atom. The Hall–Kier alpha value is -0.340. The Labute approximate surface area is 82.4 Å². The maximum absolute atomic E-state index is 5.54. The predicted octanol–water partition coefficient (Wildman–Crippen LogP) is 2.36. The molecule has 2 unspecified atom stereocenters. The van der Waals surface area contributed by atoms with Gasteiger partial charge in [0.15, 0.2) is 0 Å². The normalized spacial score (nSPS) is 17.8. The van der Waals surface area contributed by atoms with Crippen LogP contribution in [0.2, 0.25) is 0 Å². The minimum absolute atomic E-state index is 0.0792. The molecule has 0 saturated carbocycles. The van der Waals surface area contributed by atoms with Crippen molar-refractivity contribution in [3.8, 4) is 0 Å². The summed E-state index contributed by atoms with van der Waals surface area (Å²) in [6, 6.07) is 0.366. The van der Waals surface area contributed by atoms with Gasteiger partial charge in [-0.2, -0.15) is 0 Å². The van der Waals surface area contributed by atoms with E-state index in [9.17, 15) is 0 Å². The molecule has 1 N–H and O–H groups in total. The minimum atomic E-state index is -0.0792. The summed E-state index contributed by atoms with van der Waals surface area (Å²) in [5.41, 5.74) is -0.0792. The van der Waals surface area contributed by atoms with E-state index in [-0.39, 0.29) is 5.60 Å². The lowest BCUT2D eigenvalue weighted by Gasteiger charge is -2.35. The van der Waals surface area contributed by atoms with Gasteiger partial charge in [0.1, 0.15) is 0 Å². The fourth-order valence-electron chi connectivity index (χ4n) is 1.49. The molecule has 0 aromatic carbocycles. The molecule has 0 aliphatic carbocycles. The Morgan fingerprint density at radius 1 is 1.54 bits per heavy atom. The van der Waals surface area contributed by atoms with Gasteiger partial charge in [-0.3, -0.25) is 0 Å². The highest BCUT2D eigenvalue weighted by molar-refractivity contribution is 4.92. The zero-order valence-electron chi connectivity index (χ0n) is 9.39. The summed E-state index contributed by atoms with van der Waals surface area (Å²) in [5, 5.41) is 3.43. The molecule has 13 heavy (non-hydrogen) atoms. The third-order valence-electron chi connectivity index (χ3n) is 2.76. The van der Waals surface area contributed by atoms with E-state index in [1.165, 1.54) is 0 Å². The van der Waals surface area contributed by atoms with Crippen LogP contribution in [0, 0.1) is 0 Å². The molecule has 0 aromatic heterocycles. The van der Waals surface area contributed by atoms with Gasteiger partial charge in [-0.05, 0) is 26.3 Å². The van der Waals surface area contributed by atoms with Crippen LogP contribution in [-0.4, -0.2) is 25.3 Å². The van der Waals surface area contributed by atoms with Gasteiger partial charge in [-0.15, -0.1) is 6.58 Å². The van der Waals surface area contributed by atoms with Crippen molar-refractivity contribution in [1.82, 2.24) is 5.32 Å². The first-order valence-electron chi connectivity index (χ1n) is 5.04. The maximum atomic E-state index is 5.54. The Morgan fingerprint density at radius 3 is 2.46 bits per heavy atom. The van der Waals surface area contributed by atoms with E-state index in [1.54, 1.807) is 7.11 Å². The first kappa shape index (κ1) is 12.7. The van der Waals surface area contributed by atoms with Gasteiger partial charge in [0.2, 0.25) is 0 Å². The van der Waals surface area contributed by atoms with Gasteiger partial charge in [-0.25, -0.2) is 0 Å². The average molecular weight is 185 g/mol. The van der Waals surface area contributed by atoms with Gasteiger partial charge in [-0.1, -0.05) is 19.9 Å². The lowest BCUT2D eigenvalue weighted by atomic mass is 9.90. The van der Waals surface area contributed by atoms with E-state index >= 15 is 0 Å². The lowest BCUT2D eigenvalue weighted by Crippen LogP contribution is -2.49. The van der Waals surface area contributed by atoms with Gasteiger partial charge in [0.25, 0.3) is 0 Å². The molecule has 0 radical (unpaired) electrons. The molecule has 0 aliphatic heterocycles. The third kappa shape index (κ3) is 3.49. The number of ether oxygens (including phenoxy) is 1. The summed E-state index contributed by atoms with van der Waals surface area (Å²) in [7, 11) is 1.77. The number of rotatable bonds is 7. The molecule has 0 bridgehead atoms. The average Bonchev–Trinajstić information content (AvgIpc) is 2.16. The van der Waals surface area contributed by atoms with Crippen molar-refractivity contribution < 1.29 is 4.74 Å². The predicted molar refractivity (Wildman–Crippen MR) is 58.0 cm³/mol. The van der Waals surface area contributed by atoms with Crippen LogP contribution in [0.25, 0.3) is 0 Å². The SMILES string of the molecule is C=CCC(NCC)C(C)(CC)OC. The number of hydrogen-bond donors (Lipinski definition) is 1. The molecule has 2 nitrogen and oxygen atoms in total. The monoisotopic (exact) mass is 185 g/mol. The third-order valence-corrected chi connectivity index (χ3v) is 2.76. The standard InChI is InChI=1S/C11H23NO/c1-6-9-10(12-8-3)11(4,7-2)13-5/h6,10,12H,1,7-9H2,2-5H3. The molecule has 2 atom stereocenters. The van der Waals surface area contributed by atoms with Crippen LogP contribution >= 0.6 is 0 Å². The van der Waals surface area contributed by atoms with E-state index < -0.39 is 0 Å². The fraction of sp³-hybridized carbons (Fsp3) is 0.818. The summed E-state index contributed by atoms with van der Waals surface area (Å²) in [6.07, 6.45) is 3.90. The molecule has 78 valence electrons. The molecule has 0 heterocycles. The van der Waals surface area contributed by atoms with E-state index in [4.69, 9.17) is 4.74 Å². The van der Waals surface area contributed by atoms with Crippen molar-refractivity contribution in [2.75, 3.05) is 13.7 Å². The Bertz CT molecular complexity index is 141. The summed E-state index contributed by atoms with van der Waals surface area (Å²) in [6.45, 7) is 11.1. The quantitative estimate of drug-likeness (QED) is 0.615. The van der Waals surface area contributed by atoms with Crippen LogP contribution < -0.4 is 5.32 Å². The molecule has 0 aliphatic rings. The maximum Gasteiger partial charge on any atom is 0.0803 e. The highest BCUT2D eigenvalue weighted by Crippen LogP contribution is 2.21. The molecular weight excluding hydrogens is 162 g/mol. The Balaban J connectivity index is 4.36. The fourth-order valence-corrected chi connectivity index (χ4v) is 1.49. The summed E-state index contributed by atoms with van der Waals surface area (Å²) in [4.78, 5) is 0. The van der Waals surface area contributed by atoms with Crippen molar-refractivity contribution in [3.05, 3.63) is 12.7 Å².